The van der Waals surface area contributed by atoms with E-state index in [1.54, 1.807) is 0 Å². The van der Waals surface area contributed by atoms with Gasteiger partial charge in [-0.2, -0.15) is 18.5 Å². The second-order valence-corrected chi connectivity index (χ2v) is 17.9. The monoisotopic (exact) mass is 938 g/mol. The fourth-order valence-corrected chi connectivity index (χ4v) is 9.27. The molecule has 342 valence electrons. The molecule has 65 heavy (non-hydrogen) atoms. The number of aliphatic hydroxyl groups excluding tert-OH is 1. The van der Waals surface area contributed by atoms with Crippen LogP contribution in [0.4, 0.5) is 0 Å². The van der Waals surface area contributed by atoms with Crippen LogP contribution in [0, 0.1) is 6.92 Å². The molecule has 0 bridgehead atoms. The number of aryl methyl sites for hydroxylation is 1. The second-order valence-electron chi connectivity index (χ2n) is 14.8. The van der Waals surface area contributed by atoms with Crippen molar-refractivity contribution >= 4 is 60.5 Å². The van der Waals surface area contributed by atoms with Gasteiger partial charge < -0.3 is 24.5 Å². The number of nitrogens with zero attached hydrogens (tertiary/aromatic N) is 2. The molecule has 1 aliphatic carbocycles. The first-order valence-electron chi connectivity index (χ1n) is 19.7. The number of hydrogen-bond donors (Lipinski definition) is 7. The van der Waals surface area contributed by atoms with Crippen LogP contribution >= 0.6 is 19.9 Å². The number of imide groups is 1. The summed E-state index contributed by atoms with van der Waals surface area (Å²) in [6.45, 7) is 0.626. The number of ether oxygens (including phenoxy) is 1. The van der Waals surface area contributed by atoms with Crippen LogP contribution in [0.25, 0.3) is 33.4 Å². The lowest BCUT2D eigenvalue weighted by molar-refractivity contribution is -0.138. The highest BCUT2D eigenvalue weighted by atomic mass is 32.2. The number of carbonyl (C=O) groups is 5. The summed E-state index contributed by atoms with van der Waals surface area (Å²) in [4.78, 5) is 114. The number of hydrogen-bond acceptors (Lipinski definition) is 17. The average molecular weight is 939 g/mol. The van der Waals surface area contributed by atoms with Crippen molar-refractivity contribution < 1.29 is 66.9 Å². The smallest absolute Gasteiger partial charge is 0.508 e. The van der Waals surface area contributed by atoms with Gasteiger partial charge in [0.05, 0.1) is 24.0 Å². The third-order valence-corrected chi connectivity index (χ3v) is 13.1. The van der Waals surface area contributed by atoms with Crippen LogP contribution < -0.4 is 27.5 Å². The quantitative estimate of drug-likeness (QED) is 0.0244. The lowest BCUT2D eigenvalue weighted by atomic mass is 9.89. The summed E-state index contributed by atoms with van der Waals surface area (Å²) >= 11 is 1.06. The first-order chi connectivity index (χ1) is 30.9. The fourth-order valence-electron chi connectivity index (χ4n) is 7.21. The Balaban J connectivity index is 0.891. The summed E-state index contributed by atoms with van der Waals surface area (Å²) in [6.07, 6.45) is -2.27. The van der Waals surface area contributed by atoms with E-state index in [-0.39, 0.29) is 89.5 Å². The van der Waals surface area contributed by atoms with E-state index in [9.17, 15) is 58.6 Å². The van der Waals surface area contributed by atoms with Gasteiger partial charge in [-0.1, -0.05) is 0 Å². The van der Waals surface area contributed by atoms with Gasteiger partial charge in [-0.15, -0.1) is 11.8 Å². The van der Waals surface area contributed by atoms with Gasteiger partial charge in [0.15, 0.2) is 5.43 Å². The van der Waals surface area contributed by atoms with Gasteiger partial charge in [-0.05, 0) is 55.0 Å². The molecule has 4 heterocycles. The van der Waals surface area contributed by atoms with E-state index in [1.807, 2.05) is 0 Å². The summed E-state index contributed by atoms with van der Waals surface area (Å²) in [5.74, 6) is -3.96. The zero-order chi connectivity index (χ0) is 46.7. The molecule has 3 aliphatic heterocycles. The molecule has 7 rings (SSSR count). The number of nitrogens with one attached hydrogen (secondary N) is 3. The molecule has 5 atom stereocenters. The number of fused-ring (bicyclic) bond motifs is 2. The minimum atomic E-state index is -3.95. The number of likely N-dealkylation sites (tertiary alicyclic amines) is 1. The van der Waals surface area contributed by atoms with Crippen LogP contribution in [0.15, 0.2) is 79.6 Å². The van der Waals surface area contributed by atoms with Crippen molar-refractivity contribution in [2.45, 2.75) is 49.9 Å². The largest absolute Gasteiger partial charge is 0.572 e. The topological polar surface area (TPSA) is 316 Å². The number of benzene rings is 3. The number of aromatic carboxylic acids is 1. The lowest BCUT2D eigenvalue weighted by Gasteiger charge is -2.18. The highest BCUT2D eigenvalue weighted by Gasteiger charge is 2.47. The number of carboxylic acid groups (broad SMARTS) is 1. The number of rotatable bonds is 16. The first kappa shape index (κ1) is 46.7. The molecule has 4 aliphatic rings. The Kier molecular flexibility index (Phi) is 14.0. The zero-order valence-corrected chi connectivity index (χ0v) is 36.1. The predicted molar refractivity (Wildman–Crippen MR) is 230 cm³/mol. The number of thioether (sulfide) groups is 1. The standard InChI is InChI=1S/C41H40N5O17PS/c1-20-18-46(41(57)42-37(20)52)35-16-28(49)31(63-35)19-61-64(58,59-2)60-11-12-65-32-17-34(51)45(39(32)54)10-9-33(50)43-44-38(53)21-3-6-24(40(55)56)27(13-21)36-25-7-4-22(47)14-29(25)62-30-15-23(48)5-8-26(30)36/h3-8,13-15,18,28,31-32,35,49,58H,9-12,16-17,19H2,1-2H3,(H4-,42,43,44,47,48,50,52,53,55,56,57)/p+1/t28?,31-,32?,35-,64?/m1/s1. The Labute approximate surface area is 371 Å². The molecule has 7 N–H and O–H groups in total. The van der Waals surface area contributed by atoms with E-state index in [4.69, 9.17) is 22.7 Å². The molecule has 0 saturated carbocycles. The summed E-state index contributed by atoms with van der Waals surface area (Å²) < 4.78 is 28.7. The van der Waals surface area contributed by atoms with E-state index >= 15 is 0 Å². The van der Waals surface area contributed by atoms with Crippen LogP contribution in [0.5, 0.6) is 5.75 Å². The van der Waals surface area contributed by atoms with E-state index in [1.165, 1.54) is 67.7 Å². The van der Waals surface area contributed by atoms with Gasteiger partial charge in [0.1, 0.15) is 42.6 Å². The number of carbonyl (C=O) groups excluding carboxylic acids is 4. The number of aliphatic hydroxyl groups is 1. The van der Waals surface area contributed by atoms with Crippen molar-refractivity contribution in [3.05, 3.63) is 109 Å². The SMILES string of the molecule is CO[P+](O)(OCCSC1CC(=O)N(CCC(=O)NNC(=O)c2ccc(C(=O)O)c(-c3c4ccc(=O)cc-4oc4cc(O)ccc34)c2)C1=O)OC[C@H]1O[C@@H](n2cc(C)c(=O)[nH]c2=O)CC1O. The molecule has 0 radical (unpaired) electrons. The van der Waals surface area contributed by atoms with Gasteiger partial charge in [0.25, 0.3) is 11.5 Å². The minimum Gasteiger partial charge on any atom is -0.508 e. The van der Waals surface area contributed by atoms with Crippen molar-refractivity contribution in [3.8, 4) is 28.2 Å². The first-order valence-corrected chi connectivity index (χ1v) is 22.2. The van der Waals surface area contributed by atoms with Crippen LogP contribution in [0.1, 0.15) is 51.8 Å². The van der Waals surface area contributed by atoms with Crippen molar-refractivity contribution in [1.29, 1.82) is 0 Å². The molecule has 1 aromatic heterocycles. The number of phenolic OH excluding ortho intramolecular Hbond substituents is 1. The number of H-pyrrole nitrogens is 1. The number of aromatic hydroxyl groups is 1. The lowest BCUT2D eigenvalue weighted by Crippen LogP contribution is -2.43. The van der Waals surface area contributed by atoms with Gasteiger partial charge in [0, 0.05) is 77.5 Å². The molecular formula is C41H41N5O17PS+. The Morgan fingerprint density at radius 1 is 1.00 bits per heavy atom. The maximum atomic E-state index is 13.3. The molecule has 2 fully saturated rings. The summed E-state index contributed by atoms with van der Waals surface area (Å²) in [7, 11) is -2.81. The average Bonchev–Trinajstić information content (AvgIpc) is 3.78. The van der Waals surface area contributed by atoms with Crippen LogP contribution in [-0.4, -0.2) is 114 Å². The van der Waals surface area contributed by atoms with Gasteiger partial charge >= 0.3 is 19.8 Å². The Bertz CT molecular complexity index is 2850. The molecule has 4 amide bonds. The molecule has 24 heteroatoms. The summed E-state index contributed by atoms with van der Waals surface area (Å²) in [5, 5.41) is 30.3. The normalized spacial score (nSPS) is 19.5. The fraction of sp³-hybridized carbons (Fsp3) is 0.317. The van der Waals surface area contributed by atoms with Gasteiger partial charge in [0.2, 0.25) is 17.7 Å². The van der Waals surface area contributed by atoms with Crippen molar-refractivity contribution in [2.75, 3.05) is 32.6 Å². The van der Waals surface area contributed by atoms with Crippen LogP contribution in [-0.2, 0) is 32.7 Å². The minimum absolute atomic E-state index is 0.00794. The van der Waals surface area contributed by atoms with Crippen LogP contribution in [0.2, 0.25) is 0 Å². The zero-order valence-electron chi connectivity index (χ0n) is 34.4. The molecule has 22 nitrogen and oxygen atoms in total. The Hall–Kier alpha value is -6.30. The molecule has 3 unspecified atom stereocenters. The number of aromatic nitrogens is 2. The second kappa shape index (κ2) is 19.4. The maximum absolute atomic E-state index is 13.3. The number of amides is 4. The van der Waals surface area contributed by atoms with Crippen molar-refractivity contribution in [3.63, 3.8) is 0 Å². The predicted octanol–water partition coefficient (Wildman–Crippen LogP) is 1.84. The van der Waals surface area contributed by atoms with Crippen molar-refractivity contribution in [2.24, 2.45) is 0 Å². The number of carboxylic acids is 1. The number of aromatic amines is 1. The van der Waals surface area contributed by atoms with Gasteiger partial charge in [-0.25, -0.2) is 9.59 Å². The number of phenols is 1. The maximum Gasteiger partial charge on any atom is 0.572 e. The summed E-state index contributed by atoms with van der Waals surface area (Å²) in [5.41, 5.74) is 3.68. The van der Waals surface area contributed by atoms with E-state index in [0.29, 0.717) is 16.5 Å². The van der Waals surface area contributed by atoms with E-state index in [2.05, 4.69) is 15.8 Å². The molecule has 0 spiro atoms. The van der Waals surface area contributed by atoms with Crippen molar-refractivity contribution in [1.82, 2.24) is 25.3 Å². The third-order valence-electron chi connectivity index (χ3n) is 10.5. The Morgan fingerprint density at radius 2 is 1.78 bits per heavy atom. The van der Waals surface area contributed by atoms with E-state index in [0.717, 1.165) is 28.3 Å². The highest BCUT2D eigenvalue weighted by Crippen LogP contribution is 2.57. The molecule has 2 aromatic carbocycles. The third kappa shape index (κ3) is 10.3. The Morgan fingerprint density at radius 3 is 2.54 bits per heavy atom. The van der Waals surface area contributed by atoms with Crippen LogP contribution in [0.3, 0.4) is 0 Å². The van der Waals surface area contributed by atoms with Gasteiger partial charge in [-0.3, -0.25) is 54.1 Å². The number of hydrazine groups is 1. The highest BCUT2D eigenvalue weighted by molar-refractivity contribution is 8.00. The molecule has 2 saturated heterocycles. The molecule has 3 aromatic rings. The summed E-state index contributed by atoms with van der Waals surface area (Å²) in [6, 6.07) is 11.8. The molecular weight excluding hydrogens is 898 g/mol. The van der Waals surface area contributed by atoms with E-state index < -0.39 is 72.7 Å².